The largest absolute Gasteiger partial charge is 0.478 e. The summed E-state index contributed by atoms with van der Waals surface area (Å²) in [5, 5.41) is 11.4. The number of halogens is 1. The van der Waals surface area contributed by atoms with Crippen LogP contribution < -0.4 is 0 Å². The highest BCUT2D eigenvalue weighted by atomic mass is 19.1. The molecule has 3 aromatic rings. The Bertz CT molecular complexity index is 855. The maximum absolute atomic E-state index is 14.2. The molecule has 1 N–H and O–H groups in total. The monoisotopic (exact) mass is 294 g/mol. The first-order chi connectivity index (χ1) is 10.6. The minimum absolute atomic E-state index is 0.0145. The summed E-state index contributed by atoms with van der Waals surface area (Å²) in [6.45, 7) is 1.83. The van der Waals surface area contributed by atoms with Crippen LogP contribution in [0.5, 0.6) is 0 Å². The van der Waals surface area contributed by atoms with Crippen molar-refractivity contribution in [2.45, 2.75) is 12.8 Å². The van der Waals surface area contributed by atoms with E-state index in [9.17, 15) is 14.3 Å². The molecule has 0 amide bonds. The van der Waals surface area contributed by atoms with Gasteiger partial charge >= 0.3 is 5.97 Å². The highest BCUT2D eigenvalue weighted by molar-refractivity contribution is 5.90. The van der Waals surface area contributed by atoms with E-state index >= 15 is 0 Å². The van der Waals surface area contributed by atoms with Crippen LogP contribution in [-0.2, 0) is 0 Å². The lowest BCUT2D eigenvalue weighted by atomic mass is 9.88. The number of carboxylic acid groups (broad SMARTS) is 1. The molecule has 0 heterocycles. The number of benzene rings is 3. The number of fused-ring (bicyclic) bond motifs is 1. The fourth-order valence-electron chi connectivity index (χ4n) is 2.81. The standard InChI is InChI=1S/C19H15FO2/c1-12(18-16(19(21)22)7-4-8-17(18)20)14-10-9-13-5-2-3-6-15(13)11-14/h2-12H,1H3,(H,21,22)/t12-/m1/s1. The Morgan fingerprint density at radius 3 is 2.45 bits per heavy atom. The number of aromatic carboxylic acids is 1. The van der Waals surface area contributed by atoms with Gasteiger partial charge < -0.3 is 5.11 Å². The lowest BCUT2D eigenvalue weighted by molar-refractivity contribution is 0.0694. The average Bonchev–Trinajstić information content (AvgIpc) is 2.53. The second-order valence-corrected chi connectivity index (χ2v) is 5.33. The summed E-state index contributed by atoms with van der Waals surface area (Å²) in [5.41, 5.74) is 1.14. The van der Waals surface area contributed by atoms with Gasteiger partial charge in [-0.3, -0.25) is 0 Å². The zero-order valence-corrected chi connectivity index (χ0v) is 12.1. The molecule has 0 saturated heterocycles. The predicted molar refractivity (Wildman–Crippen MR) is 84.8 cm³/mol. The van der Waals surface area contributed by atoms with Gasteiger partial charge in [-0.1, -0.05) is 55.5 Å². The van der Waals surface area contributed by atoms with Crippen molar-refractivity contribution in [3.8, 4) is 0 Å². The van der Waals surface area contributed by atoms with Gasteiger partial charge in [0.2, 0.25) is 0 Å². The first-order valence-electron chi connectivity index (χ1n) is 7.08. The minimum Gasteiger partial charge on any atom is -0.478 e. The van der Waals surface area contributed by atoms with Crippen molar-refractivity contribution in [1.82, 2.24) is 0 Å². The summed E-state index contributed by atoms with van der Waals surface area (Å²) in [5.74, 6) is -1.93. The summed E-state index contributed by atoms with van der Waals surface area (Å²) >= 11 is 0. The molecule has 0 fully saturated rings. The molecule has 0 bridgehead atoms. The van der Waals surface area contributed by atoms with Gasteiger partial charge in [0.15, 0.2) is 0 Å². The third kappa shape index (κ3) is 2.46. The molecule has 0 aromatic heterocycles. The van der Waals surface area contributed by atoms with E-state index in [1.807, 2.05) is 49.4 Å². The van der Waals surface area contributed by atoms with Crippen molar-refractivity contribution in [3.63, 3.8) is 0 Å². The average molecular weight is 294 g/mol. The highest BCUT2D eigenvalue weighted by Gasteiger charge is 2.21. The lowest BCUT2D eigenvalue weighted by Gasteiger charge is -2.16. The van der Waals surface area contributed by atoms with E-state index < -0.39 is 11.8 Å². The van der Waals surface area contributed by atoms with E-state index in [0.29, 0.717) is 0 Å². The van der Waals surface area contributed by atoms with Gasteiger partial charge in [0.1, 0.15) is 5.82 Å². The van der Waals surface area contributed by atoms with E-state index in [1.165, 1.54) is 18.2 Å². The molecule has 0 spiro atoms. The smallest absolute Gasteiger partial charge is 0.336 e. The Morgan fingerprint density at radius 2 is 1.73 bits per heavy atom. The molecular weight excluding hydrogens is 279 g/mol. The molecule has 2 nitrogen and oxygen atoms in total. The Balaban J connectivity index is 2.13. The number of rotatable bonds is 3. The van der Waals surface area contributed by atoms with Crippen molar-refractivity contribution < 1.29 is 14.3 Å². The van der Waals surface area contributed by atoms with Crippen molar-refractivity contribution in [2.75, 3.05) is 0 Å². The van der Waals surface area contributed by atoms with Gasteiger partial charge in [0, 0.05) is 11.5 Å². The van der Waals surface area contributed by atoms with E-state index in [2.05, 4.69) is 0 Å². The fourth-order valence-corrected chi connectivity index (χ4v) is 2.81. The van der Waals surface area contributed by atoms with Crippen molar-refractivity contribution in [1.29, 1.82) is 0 Å². The minimum atomic E-state index is -1.11. The fraction of sp³-hybridized carbons (Fsp3) is 0.105. The first kappa shape index (κ1) is 14.3. The molecule has 3 aromatic carbocycles. The van der Waals surface area contributed by atoms with E-state index in [0.717, 1.165) is 16.3 Å². The molecule has 0 aliphatic carbocycles. The van der Waals surface area contributed by atoms with Gasteiger partial charge in [-0.25, -0.2) is 9.18 Å². The molecule has 0 unspecified atom stereocenters. The summed E-state index contributed by atoms with van der Waals surface area (Å²) in [6.07, 6.45) is 0. The second-order valence-electron chi connectivity index (χ2n) is 5.33. The van der Waals surface area contributed by atoms with Gasteiger partial charge in [-0.2, -0.15) is 0 Å². The Morgan fingerprint density at radius 1 is 1.00 bits per heavy atom. The molecule has 22 heavy (non-hydrogen) atoms. The number of hydrogen-bond acceptors (Lipinski definition) is 1. The molecular formula is C19H15FO2. The van der Waals surface area contributed by atoms with E-state index in [-0.39, 0.29) is 17.0 Å². The molecule has 0 aliphatic heterocycles. The molecule has 3 heteroatoms. The third-order valence-electron chi connectivity index (χ3n) is 3.99. The number of carbonyl (C=O) groups is 1. The molecule has 3 rings (SSSR count). The second kappa shape index (κ2) is 5.60. The van der Waals surface area contributed by atoms with Crippen LogP contribution in [0.25, 0.3) is 10.8 Å². The van der Waals surface area contributed by atoms with Crippen LogP contribution in [0.4, 0.5) is 4.39 Å². The zero-order valence-electron chi connectivity index (χ0n) is 12.1. The van der Waals surface area contributed by atoms with Crippen LogP contribution in [0.3, 0.4) is 0 Å². The SMILES string of the molecule is C[C@H](c1ccc2ccccc2c1)c1c(F)cccc1C(=O)O. The first-order valence-corrected chi connectivity index (χ1v) is 7.08. The third-order valence-corrected chi connectivity index (χ3v) is 3.99. The van der Waals surface area contributed by atoms with E-state index in [4.69, 9.17) is 0 Å². The Hall–Kier alpha value is -2.68. The van der Waals surface area contributed by atoms with Gasteiger partial charge in [-0.15, -0.1) is 0 Å². The summed E-state index contributed by atoms with van der Waals surface area (Å²) < 4.78 is 14.2. The number of carboxylic acids is 1. The van der Waals surface area contributed by atoms with Crippen LogP contribution in [-0.4, -0.2) is 11.1 Å². The topological polar surface area (TPSA) is 37.3 Å². The quantitative estimate of drug-likeness (QED) is 0.751. The maximum atomic E-state index is 14.2. The summed E-state index contributed by atoms with van der Waals surface area (Å²) in [4.78, 5) is 11.4. The summed E-state index contributed by atoms with van der Waals surface area (Å²) in [6, 6.07) is 18.0. The molecule has 0 aliphatic rings. The Kier molecular flexibility index (Phi) is 3.63. The normalized spacial score (nSPS) is 12.3. The van der Waals surface area contributed by atoms with Crippen molar-refractivity contribution in [3.05, 3.63) is 83.2 Å². The summed E-state index contributed by atoms with van der Waals surface area (Å²) in [7, 11) is 0. The highest BCUT2D eigenvalue weighted by Crippen LogP contribution is 2.31. The predicted octanol–water partition coefficient (Wildman–Crippen LogP) is 4.83. The molecule has 0 saturated carbocycles. The molecule has 0 radical (unpaired) electrons. The van der Waals surface area contributed by atoms with Crippen LogP contribution in [0.2, 0.25) is 0 Å². The van der Waals surface area contributed by atoms with Gasteiger partial charge in [0.25, 0.3) is 0 Å². The van der Waals surface area contributed by atoms with Crippen molar-refractivity contribution in [2.24, 2.45) is 0 Å². The van der Waals surface area contributed by atoms with Crippen LogP contribution in [0.15, 0.2) is 60.7 Å². The van der Waals surface area contributed by atoms with E-state index in [1.54, 1.807) is 0 Å². The molecule has 1 atom stereocenters. The number of hydrogen-bond donors (Lipinski definition) is 1. The van der Waals surface area contributed by atoms with Gasteiger partial charge in [0.05, 0.1) is 5.56 Å². The zero-order chi connectivity index (χ0) is 15.7. The van der Waals surface area contributed by atoms with Crippen LogP contribution >= 0.6 is 0 Å². The maximum Gasteiger partial charge on any atom is 0.336 e. The molecule has 110 valence electrons. The lowest BCUT2D eigenvalue weighted by Crippen LogP contribution is -2.09. The Labute approximate surface area is 127 Å². The van der Waals surface area contributed by atoms with Crippen LogP contribution in [0.1, 0.15) is 34.3 Å². The van der Waals surface area contributed by atoms with Crippen LogP contribution in [0, 0.1) is 5.82 Å². The van der Waals surface area contributed by atoms with Crippen molar-refractivity contribution >= 4 is 16.7 Å². The van der Waals surface area contributed by atoms with Gasteiger partial charge in [-0.05, 0) is 28.5 Å².